The molecular weight excluding hydrogens is 266 g/mol. The zero-order valence-corrected chi connectivity index (χ0v) is 13.0. The molecule has 2 heteroatoms. The number of aromatic nitrogens is 1. The van der Waals surface area contributed by atoms with E-state index in [0.29, 0.717) is 5.92 Å². The average Bonchev–Trinajstić information content (AvgIpc) is 2.46. The highest BCUT2D eigenvalue weighted by molar-refractivity contribution is 6.21. The number of alkyl halides is 1. The molecule has 4 aliphatic rings. The number of nitrogens with zero attached hydrogens (tertiary/aromatic N) is 1. The molecule has 0 N–H and O–H groups in total. The Labute approximate surface area is 127 Å². The maximum Gasteiger partial charge on any atom is 0.0450 e. The lowest BCUT2D eigenvalue weighted by atomic mass is 9.50. The summed E-state index contributed by atoms with van der Waals surface area (Å²) in [5, 5.41) is 0.264. The molecule has 4 saturated carbocycles. The Bertz CT molecular complexity index is 444. The van der Waals surface area contributed by atoms with Crippen LogP contribution in [-0.2, 0) is 0 Å². The molecule has 4 bridgehead atoms. The second kappa shape index (κ2) is 5.02. The molecule has 0 aliphatic heterocycles. The number of halogens is 1. The van der Waals surface area contributed by atoms with Crippen molar-refractivity contribution in [2.24, 2.45) is 29.6 Å². The third kappa shape index (κ3) is 2.09. The van der Waals surface area contributed by atoms with Gasteiger partial charge in [0.1, 0.15) is 0 Å². The molecule has 0 amide bonds. The van der Waals surface area contributed by atoms with Gasteiger partial charge in [0.2, 0.25) is 0 Å². The Balaban J connectivity index is 1.55. The van der Waals surface area contributed by atoms with Crippen LogP contribution in [0.5, 0.6) is 0 Å². The van der Waals surface area contributed by atoms with E-state index in [4.69, 9.17) is 11.6 Å². The van der Waals surface area contributed by atoms with Crippen LogP contribution in [0.3, 0.4) is 0 Å². The largest absolute Gasteiger partial charge is 0.261 e. The van der Waals surface area contributed by atoms with Crippen LogP contribution >= 0.6 is 11.6 Å². The van der Waals surface area contributed by atoms with E-state index in [2.05, 4.69) is 24.0 Å². The fourth-order valence-corrected chi connectivity index (χ4v) is 6.17. The second-order valence-electron chi connectivity index (χ2n) is 7.50. The van der Waals surface area contributed by atoms with E-state index >= 15 is 0 Å². The first-order valence-electron chi connectivity index (χ1n) is 8.27. The summed E-state index contributed by atoms with van der Waals surface area (Å²) in [6, 6.07) is 6.21. The molecule has 108 valence electrons. The van der Waals surface area contributed by atoms with Crippen LogP contribution in [-0.4, -0.2) is 10.4 Å². The summed E-state index contributed by atoms with van der Waals surface area (Å²) in [7, 11) is 0. The van der Waals surface area contributed by atoms with Gasteiger partial charge in [-0.2, -0.15) is 0 Å². The Morgan fingerprint density at radius 3 is 2.25 bits per heavy atom. The molecular formula is C18H24ClN. The summed E-state index contributed by atoms with van der Waals surface area (Å²) in [4.78, 5) is 4.53. The predicted molar refractivity (Wildman–Crippen MR) is 82.8 cm³/mol. The third-order valence-electron chi connectivity index (χ3n) is 6.30. The third-order valence-corrected chi connectivity index (χ3v) is 6.97. The second-order valence-corrected chi connectivity index (χ2v) is 8.00. The number of rotatable bonds is 3. The predicted octanol–water partition coefficient (Wildman–Crippen LogP) is 4.86. The van der Waals surface area contributed by atoms with Crippen LogP contribution in [0.4, 0.5) is 0 Å². The lowest BCUT2D eigenvalue weighted by Crippen LogP contribution is -2.49. The van der Waals surface area contributed by atoms with E-state index in [-0.39, 0.29) is 5.38 Å². The van der Waals surface area contributed by atoms with Crippen LogP contribution in [0.2, 0.25) is 0 Å². The summed E-state index contributed by atoms with van der Waals surface area (Å²) in [6.07, 6.45) is 9.23. The van der Waals surface area contributed by atoms with Crippen molar-refractivity contribution in [3.8, 4) is 0 Å². The lowest BCUT2D eigenvalue weighted by Gasteiger charge is -2.56. The zero-order chi connectivity index (χ0) is 13.7. The maximum atomic E-state index is 6.97. The van der Waals surface area contributed by atoms with Crippen LogP contribution in [0.1, 0.15) is 50.6 Å². The van der Waals surface area contributed by atoms with Crippen molar-refractivity contribution >= 4 is 11.6 Å². The Hall–Kier alpha value is -0.560. The van der Waals surface area contributed by atoms with Crippen molar-refractivity contribution < 1.29 is 0 Å². The summed E-state index contributed by atoms with van der Waals surface area (Å²) in [5.74, 6) is 4.98. The van der Waals surface area contributed by atoms with Gasteiger partial charge in [-0.1, -0.05) is 13.0 Å². The Kier molecular flexibility index (Phi) is 3.29. The smallest absolute Gasteiger partial charge is 0.0450 e. The first-order valence-corrected chi connectivity index (χ1v) is 8.71. The molecule has 0 saturated heterocycles. The lowest BCUT2D eigenvalue weighted by molar-refractivity contribution is -0.0399. The summed E-state index contributed by atoms with van der Waals surface area (Å²) in [6.45, 7) is 2.27. The first kappa shape index (κ1) is 13.1. The molecule has 1 nitrogen and oxygen atoms in total. The molecule has 1 aromatic heterocycles. The van der Waals surface area contributed by atoms with Crippen LogP contribution < -0.4 is 0 Å². The van der Waals surface area contributed by atoms with Crippen molar-refractivity contribution in [2.75, 3.05) is 0 Å². The minimum Gasteiger partial charge on any atom is -0.261 e. The summed E-state index contributed by atoms with van der Waals surface area (Å²) >= 11 is 6.97. The fourth-order valence-electron chi connectivity index (χ4n) is 5.63. The molecule has 5 rings (SSSR count). The van der Waals surface area contributed by atoms with E-state index in [0.717, 1.165) is 29.6 Å². The van der Waals surface area contributed by atoms with Gasteiger partial charge in [-0.3, -0.25) is 4.98 Å². The minimum absolute atomic E-state index is 0.264. The molecule has 4 fully saturated rings. The van der Waals surface area contributed by atoms with E-state index in [1.54, 1.807) is 0 Å². The number of hydrogen-bond acceptors (Lipinski definition) is 1. The highest BCUT2D eigenvalue weighted by atomic mass is 35.5. The molecule has 1 aromatic rings. The van der Waals surface area contributed by atoms with Gasteiger partial charge in [0.25, 0.3) is 0 Å². The molecule has 0 aromatic carbocycles. The van der Waals surface area contributed by atoms with E-state index in [9.17, 15) is 0 Å². The van der Waals surface area contributed by atoms with Crippen molar-refractivity contribution in [3.63, 3.8) is 0 Å². The molecule has 0 radical (unpaired) electrons. The van der Waals surface area contributed by atoms with Gasteiger partial charge in [0.05, 0.1) is 0 Å². The molecule has 1 heterocycles. The van der Waals surface area contributed by atoms with Crippen LogP contribution in [0.15, 0.2) is 24.4 Å². The highest BCUT2D eigenvalue weighted by Gasteiger charge is 2.51. The molecule has 20 heavy (non-hydrogen) atoms. The van der Waals surface area contributed by atoms with Crippen molar-refractivity contribution in [1.82, 2.24) is 4.98 Å². The van der Waals surface area contributed by atoms with Crippen molar-refractivity contribution in [1.29, 1.82) is 0 Å². The van der Waals surface area contributed by atoms with Gasteiger partial charge in [-0.05, 0) is 73.8 Å². The molecule has 0 spiro atoms. The van der Waals surface area contributed by atoms with Crippen LogP contribution in [0.25, 0.3) is 0 Å². The van der Waals surface area contributed by atoms with Gasteiger partial charge in [0.15, 0.2) is 0 Å². The van der Waals surface area contributed by atoms with Crippen LogP contribution in [0, 0.1) is 29.6 Å². The van der Waals surface area contributed by atoms with Crippen molar-refractivity contribution in [3.05, 3.63) is 30.1 Å². The summed E-state index contributed by atoms with van der Waals surface area (Å²) < 4.78 is 0. The number of pyridine rings is 1. The Morgan fingerprint density at radius 1 is 1.05 bits per heavy atom. The SMILES string of the molecule is CC(c1ccccn1)C(Cl)C1C2CC3CC(C2)CC1C3. The molecule has 4 aliphatic carbocycles. The topological polar surface area (TPSA) is 12.9 Å². The molecule has 2 unspecified atom stereocenters. The van der Waals surface area contributed by atoms with E-state index in [1.165, 1.54) is 37.8 Å². The standard InChI is InChI=1S/C18H24ClN/c1-11(16-4-2-3-5-20-16)18(19)17-14-7-12-6-13(9-14)10-15(17)8-12/h2-5,11-15,17-18H,6-10H2,1H3. The maximum absolute atomic E-state index is 6.97. The van der Waals surface area contributed by atoms with E-state index < -0.39 is 0 Å². The van der Waals surface area contributed by atoms with Crippen molar-refractivity contribution in [2.45, 2.75) is 50.3 Å². The van der Waals surface area contributed by atoms with Gasteiger partial charge in [-0.25, -0.2) is 0 Å². The monoisotopic (exact) mass is 289 g/mol. The fraction of sp³-hybridized carbons (Fsp3) is 0.722. The first-order chi connectivity index (χ1) is 9.72. The van der Waals surface area contributed by atoms with Gasteiger partial charge >= 0.3 is 0 Å². The van der Waals surface area contributed by atoms with Gasteiger partial charge in [-0.15, -0.1) is 11.6 Å². The van der Waals surface area contributed by atoms with E-state index in [1.807, 2.05) is 12.3 Å². The summed E-state index contributed by atoms with van der Waals surface area (Å²) in [5.41, 5.74) is 1.17. The average molecular weight is 290 g/mol. The number of hydrogen-bond donors (Lipinski definition) is 0. The highest BCUT2D eigenvalue weighted by Crippen LogP contribution is 2.59. The molecule has 2 atom stereocenters. The zero-order valence-electron chi connectivity index (χ0n) is 12.2. The minimum atomic E-state index is 0.264. The quantitative estimate of drug-likeness (QED) is 0.724. The van der Waals surface area contributed by atoms with Gasteiger partial charge < -0.3 is 0 Å². The normalized spacial score (nSPS) is 41.6. The Morgan fingerprint density at radius 2 is 1.70 bits per heavy atom. The van der Waals surface area contributed by atoms with Gasteiger partial charge in [0, 0.05) is 23.2 Å².